The highest BCUT2D eigenvalue weighted by molar-refractivity contribution is 5.84. The van der Waals surface area contributed by atoms with Crippen molar-refractivity contribution < 1.29 is 23.1 Å². The normalized spacial score (nSPS) is 20.0. The molecule has 0 spiro atoms. The van der Waals surface area contributed by atoms with Gasteiger partial charge in [0, 0.05) is 49.1 Å². The van der Waals surface area contributed by atoms with E-state index in [2.05, 4.69) is 51.9 Å². The number of aliphatic hydroxyl groups excluding tert-OH is 1. The van der Waals surface area contributed by atoms with Crippen LogP contribution in [-0.2, 0) is 23.9 Å². The van der Waals surface area contributed by atoms with Crippen molar-refractivity contribution in [3.8, 4) is 22.6 Å². The summed E-state index contributed by atoms with van der Waals surface area (Å²) in [5.74, 6) is -0.880. The van der Waals surface area contributed by atoms with Gasteiger partial charge in [-0.05, 0) is 125 Å². The molecule has 0 bridgehead atoms. The number of aryl methyl sites for hydroxylation is 3. The van der Waals surface area contributed by atoms with E-state index in [1.165, 1.54) is 27.1 Å². The first-order chi connectivity index (χ1) is 30.6. The average Bonchev–Trinajstić information content (AvgIpc) is 3.72. The second-order valence-electron chi connectivity index (χ2n) is 18.4. The average molecular weight is 871 g/mol. The molecule has 1 saturated carbocycles. The molecule has 2 fully saturated rings. The molecule has 3 aliphatic rings. The molecule has 11 rings (SSSR count). The van der Waals surface area contributed by atoms with Crippen LogP contribution in [-0.4, -0.2) is 72.2 Å². The number of aliphatic hydroxyl groups is 1. The molecule has 2 N–H and O–H groups in total. The highest BCUT2D eigenvalue weighted by Crippen LogP contribution is 2.52. The molecule has 64 heavy (non-hydrogen) atoms. The summed E-state index contributed by atoms with van der Waals surface area (Å²) in [6.07, 6.45) is 6.47. The molecule has 1 aliphatic carbocycles. The number of aromatic amines is 1. The van der Waals surface area contributed by atoms with E-state index in [9.17, 15) is 14.7 Å². The Morgan fingerprint density at radius 1 is 0.953 bits per heavy atom. The Morgan fingerprint density at radius 3 is 2.42 bits per heavy atom. The number of aromatic nitrogens is 9. The van der Waals surface area contributed by atoms with E-state index in [4.69, 9.17) is 14.4 Å². The number of imidazole rings is 1. The first kappa shape index (κ1) is 40.4. The summed E-state index contributed by atoms with van der Waals surface area (Å²) in [7, 11) is 1.72. The van der Waals surface area contributed by atoms with Gasteiger partial charge in [-0.15, -0.1) is 0 Å². The third-order valence-electron chi connectivity index (χ3n) is 13.9. The van der Waals surface area contributed by atoms with E-state index in [1.807, 2.05) is 22.6 Å². The lowest BCUT2D eigenvalue weighted by molar-refractivity contribution is -0.0592. The van der Waals surface area contributed by atoms with Gasteiger partial charge in [0.25, 0.3) is 0 Å². The summed E-state index contributed by atoms with van der Waals surface area (Å²) < 4.78 is 50.5. The van der Waals surface area contributed by atoms with Crippen molar-refractivity contribution in [1.29, 1.82) is 0 Å². The monoisotopic (exact) mass is 870 g/mol. The Morgan fingerprint density at radius 2 is 1.70 bits per heavy atom. The van der Waals surface area contributed by atoms with Crippen LogP contribution < -0.4 is 11.4 Å². The molecule has 0 amide bonds. The standard InChI is InChI=1S/C47H48F2N10O5/c1-25-19-31(20-26(2)37(25)48)39-41(57-15-14-56(45(57)62)35-10-9-34-32(38(35)49)24-50-54(34)6)40-27(3)55(16-17-58(40)52-39)42(60)36-22-30-21-28(29-11-18-63-46(4,5)23-29)7-8-33(30)59(36)47(12-13-47)43-51-44(61)64-53-43/h7-10,14-15,19-22,24,27,29,42,60H,11-13,16-18,23H2,1-6H3,(H,51,53,61)/t27-,29+,42?/m0/s1. The predicted octanol–water partition coefficient (Wildman–Crippen LogP) is 7.18. The van der Waals surface area contributed by atoms with Crippen molar-refractivity contribution in [3.05, 3.63) is 134 Å². The first-order valence-corrected chi connectivity index (χ1v) is 21.7. The van der Waals surface area contributed by atoms with Gasteiger partial charge < -0.3 is 14.4 Å². The number of nitrogens with one attached hydrogen (secondary N) is 1. The minimum absolute atomic E-state index is 0.0596. The number of hydrogen-bond acceptors (Lipinski definition) is 9. The SMILES string of the molecule is Cc1cc(-c2nn3c(c2-n2ccn(-c4ccc5c(cnn5C)c4F)c2=O)[C@H](C)N(C(O)c2cc4cc([C@@H]5CCOC(C)(C)C5)ccc4n2C2(c4noc(=O)[nH]4)CC2)CC3)cc(C)c1F. The summed E-state index contributed by atoms with van der Waals surface area (Å²) in [6.45, 7) is 11.0. The zero-order chi connectivity index (χ0) is 44.6. The van der Waals surface area contributed by atoms with Crippen molar-refractivity contribution in [3.63, 3.8) is 0 Å². The molecule has 3 aromatic carbocycles. The molecule has 2 aliphatic heterocycles. The lowest BCUT2D eigenvalue weighted by Crippen LogP contribution is -2.41. The summed E-state index contributed by atoms with van der Waals surface area (Å²) in [5, 5.41) is 27.5. The van der Waals surface area contributed by atoms with Crippen LogP contribution in [0.2, 0.25) is 0 Å². The Labute approximate surface area is 365 Å². The number of halogens is 2. The van der Waals surface area contributed by atoms with Crippen LogP contribution in [0.25, 0.3) is 44.4 Å². The van der Waals surface area contributed by atoms with Crippen LogP contribution in [0.5, 0.6) is 0 Å². The summed E-state index contributed by atoms with van der Waals surface area (Å²) in [5.41, 5.74) is 4.75. The van der Waals surface area contributed by atoms with Crippen molar-refractivity contribution >= 4 is 21.8 Å². The van der Waals surface area contributed by atoms with E-state index < -0.39 is 35.1 Å². The molecule has 8 aromatic rings. The highest BCUT2D eigenvalue weighted by Gasteiger charge is 2.52. The lowest BCUT2D eigenvalue weighted by Gasteiger charge is -2.38. The van der Waals surface area contributed by atoms with Crippen LogP contribution in [0.3, 0.4) is 0 Å². The smallest absolute Gasteiger partial charge is 0.376 e. The third kappa shape index (κ3) is 6.11. The van der Waals surface area contributed by atoms with Gasteiger partial charge in [0.05, 0.1) is 52.4 Å². The molecule has 17 heteroatoms. The zero-order valence-electron chi connectivity index (χ0n) is 36.4. The van der Waals surface area contributed by atoms with Crippen LogP contribution in [0.1, 0.15) is 98.5 Å². The second-order valence-corrected chi connectivity index (χ2v) is 18.4. The molecular weight excluding hydrogens is 823 g/mol. The van der Waals surface area contributed by atoms with Gasteiger partial charge >= 0.3 is 11.4 Å². The molecule has 1 unspecified atom stereocenters. The van der Waals surface area contributed by atoms with Crippen molar-refractivity contribution in [1.82, 2.24) is 48.3 Å². The minimum atomic E-state index is -1.18. The van der Waals surface area contributed by atoms with Gasteiger partial charge in [0.1, 0.15) is 29.0 Å². The number of fused-ring (bicyclic) bond motifs is 3. The van der Waals surface area contributed by atoms with Gasteiger partial charge in [-0.3, -0.25) is 32.9 Å². The quantitative estimate of drug-likeness (QED) is 0.161. The molecule has 7 heterocycles. The van der Waals surface area contributed by atoms with Gasteiger partial charge in [-0.2, -0.15) is 10.2 Å². The summed E-state index contributed by atoms with van der Waals surface area (Å²) in [6, 6.07) is 14.6. The van der Waals surface area contributed by atoms with Crippen molar-refractivity contribution in [2.75, 3.05) is 13.2 Å². The Balaban J connectivity index is 1.05. The fourth-order valence-electron chi connectivity index (χ4n) is 10.5. The molecule has 5 aromatic heterocycles. The number of rotatable bonds is 8. The van der Waals surface area contributed by atoms with E-state index in [0.717, 1.165) is 23.7 Å². The highest BCUT2D eigenvalue weighted by atomic mass is 19.1. The Hall–Kier alpha value is -6.43. The number of ether oxygens (including phenoxy) is 1. The Bertz CT molecular complexity index is 3280. The molecule has 0 radical (unpaired) electrons. The first-order valence-electron chi connectivity index (χ1n) is 21.7. The fourth-order valence-corrected chi connectivity index (χ4v) is 10.5. The van der Waals surface area contributed by atoms with E-state index >= 15 is 8.78 Å². The molecule has 15 nitrogen and oxygen atoms in total. The van der Waals surface area contributed by atoms with Crippen LogP contribution in [0, 0.1) is 25.5 Å². The lowest BCUT2D eigenvalue weighted by atomic mass is 9.83. The van der Waals surface area contributed by atoms with Gasteiger partial charge in [0.15, 0.2) is 11.6 Å². The molecule has 3 atom stereocenters. The predicted molar refractivity (Wildman–Crippen MR) is 234 cm³/mol. The number of nitrogens with zero attached hydrogens (tertiary/aromatic N) is 9. The fraction of sp³-hybridized carbons (Fsp3) is 0.383. The maximum absolute atomic E-state index is 16.1. The maximum atomic E-state index is 16.1. The van der Waals surface area contributed by atoms with Crippen LogP contribution in [0.4, 0.5) is 8.78 Å². The van der Waals surface area contributed by atoms with Gasteiger partial charge in [0.2, 0.25) is 0 Å². The number of hydrogen-bond donors (Lipinski definition) is 2. The zero-order valence-corrected chi connectivity index (χ0v) is 36.4. The number of H-pyrrole nitrogens is 1. The summed E-state index contributed by atoms with van der Waals surface area (Å²) >= 11 is 0. The minimum Gasteiger partial charge on any atom is -0.376 e. The largest absolute Gasteiger partial charge is 0.438 e. The van der Waals surface area contributed by atoms with Crippen LogP contribution in [0.15, 0.2) is 81.2 Å². The van der Waals surface area contributed by atoms with Gasteiger partial charge in [-0.1, -0.05) is 11.2 Å². The molecule has 330 valence electrons. The van der Waals surface area contributed by atoms with E-state index in [0.29, 0.717) is 89.3 Å². The number of benzene rings is 3. The van der Waals surface area contributed by atoms with E-state index in [1.54, 1.807) is 56.0 Å². The second kappa shape index (κ2) is 14.3. The third-order valence-corrected chi connectivity index (χ3v) is 13.9. The van der Waals surface area contributed by atoms with Crippen LogP contribution >= 0.6 is 0 Å². The van der Waals surface area contributed by atoms with E-state index in [-0.39, 0.29) is 22.5 Å². The van der Waals surface area contributed by atoms with Crippen molar-refractivity contribution in [2.24, 2.45) is 7.05 Å². The van der Waals surface area contributed by atoms with Gasteiger partial charge in [-0.25, -0.2) is 18.4 Å². The molecular formula is C47H48F2N10O5. The maximum Gasteiger partial charge on any atom is 0.438 e. The van der Waals surface area contributed by atoms with Crippen molar-refractivity contribution in [2.45, 2.75) is 96.2 Å². The molecule has 1 saturated heterocycles. The Kier molecular flexibility index (Phi) is 9.01. The summed E-state index contributed by atoms with van der Waals surface area (Å²) in [4.78, 5) is 31.8. The topological polar surface area (TPSA) is 159 Å².